The number of rotatable bonds is 5. The Labute approximate surface area is 102 Å². The number of carbonyl (C=O) groups excluding carboxylic acids is 1. The Kier molecular flexibility index (Phi) is 4.28. The summed E-state index contributed by atoms with van der Waals surface area (Å²) >= 11 is 0. The van der Waals surface area contributed by atoms with Gasteiger partial charge in [0.05, 0.1) is 6.61 Å². The first-order valence-electron chi connectivity index (χ1n) is 5.32. The maximum Gasteiger partial charge on any atom is 0.180 e. The molecule has 0 saturated carbocycles. The highest BCUT2D eigenvalue weighted by atomic mass is 32.2. The van der Waals surface area contributed by atoms with Gasteiger partial charge in [0, 0.05) is 11.8 Å². The smallest absolute Gasteiger partial charge is 0.180 e. The summed E-state index contributed by atoms with van der Waals surface area (Å²) in [5.41, 5.74) is 0.381. The highest BCUT2D eigenvalue weighted by Crippen LogP contribution is 2.15. The summed E-state index contributed by atoms with van der Waals surface area (Å²) in [6.07, 6.45) is 1.06. The number of ether oxygens (including phenoxy) is 1. The van der Waals surface area contributed by atoms with E-state index in [-0.39, 0.29) is 0 Å². The van der Waals surface area contributed by atoms with E-state index >= 15 is 0 Å². The molecule has 0 aromatic heterocycles. The maximum absolute atomic E-state index is 11.8. The molecule has 0 heterocycles. The lowest BCUT2D eigenvalue weighted by atomic mass is 10.1. The summed E-state index contributed by atoms with van der Waals surface area (Å²) in [4.78, 5) is 11.8. The number of carbonyl (C=O) groups is 1. The highest BCUT2D eigenvalue weighted by molar-refractivity contribution is 7.92. The normalized spacial score (nSPS) is 13.1. The summed E-state index contributed by atoms with van der Waals surface area (Å²) in [5, 5.41) is -1.01. The number of Topliss-reactive ketones (excluding diaryl/α,β-unsaturated/α-hetero) is 1. The Morgan fingerprint density at radius 1 is 1.29 bits per heavy atom. The van der Waals surface area contributed by atoms with Gasteiger partial charge in [-0.05, 0) is 38.1 Å². The topological polar surface area (TPSA) is 60.4 Å². The minimum atomic E-state index is -3.35. The van der Waals surface area contributed by atoms with Crippen molar-refractivity contribution in [3.05, 3.63) is 29.8 Å². The monoisotopic (exact) mass is 256 g/mol. The van der Waals surface area contributed by atoms with Crippen LogP contribution in [0.5, 0.6) is 5.75 Å². The first-order chi connectivity index (χ1) is 7.86. The fraction of sp³-hybridized carbons (Fsp3) is 0.417. The third kappa shape index (κ3) is 3.56. The quantitative estimate of drug-likeness (QED) is 0.752. The average Bonchev–Trinajstić information content (AvgIpc) is 2.27. The summed E-state index contributed by atoms with van der Waals surface area (Å²) in [7, 11) is -3.35. The lowest BCUT2D eigenvalue weighted by molar-refractivity contribution is 0.0991. The van der Waals surface area contributed by atoms with Crippen molar-refractivity contribution >= 4 is 15.6 Å². The molecule has 1 atom stereocenters. The molecule has 5 heteroatoms. The predicted molar refractivity (Wildman–Crippen MR) is 66.2 cm³/mol. The van der Waals surface area contributed by atoms with E-state index in [1.165, 1.54) is 6.92 Å². The van der Waals surface area contributed by atoms with E-state index < -0.39 is 20.9 Å². The molecule has 1 rings (SSSR count). The first-order valence-corrected chi connectivity index (χ1v) is 7.27. The molecule has 0 radical (unpaired) electrons. The van der Waals surface area contributed by atoms with Gasteiger partial charge in [-0.2, -0.15) is 0 Å². The van der Waals surface area contributed by atoms with E-state index in [0.717, 1.165) is 6.26 Å². The molecule has 0 N–H and O–H groups in total. The van der Waals surface area contributed by atoms with Crippen molar-refractivity contribution in [2.45, 2.75) is 19.1 Å². The van der Waals surface area contributed by atoms with Gasteiger partial charge >= 0.3 is 0 Å². The summed E-state index contributed by atoms with van der Waals surface area (Å²) in [6, 6.07) is 6.47. The molecular weight excluding hydrogens is 240 g/mol. The van der Waals surface area contributed by atoms with Crippen LogP contribution in [0.25, 0.3) is 0 Å². The number of ketones is 1. The fourth-order valence-electron chi connectivity index (χ4n) is 1.31. The number of hydrogen-bond acceptors (Lipinski definition) is 4. The van der Waals surface area contributed by atoms with E-state index in [2.05, 4.69) is 0 Å². The van der Waals surface area contributed by atoms with Crippen LogP contribution in [0.1, 0.15) is 24.2 Å². The van der Waals surface area contributed by atoms with Gasteiger partial charge in [-0.1, -0.05) is 0 Å². The van der Waals surface area contributed by atoms with Crippen LogP contribution in [-0.2, 0) is 9.84 Å². The molecule has 94 valence electrons. The molecule has 0 amide bonds. The minimum Gasteiger partial charge on any atom is -0.494 e. The lowest BCUT2D eigenvalue weighted by Gasteiger charge is -2.09. The van der Waals surface area contributed by atoms with Crippen molar-refractivity contribution in [1.82, 2.24) is 0 Å². The molecule has 0 aliphatic carbocycles. The summed E-state index contributed by atoms with van der Waals surface area (Å²) < 4.78 is 27.8. The van der Waals surface area contributed by atoms with Gasteiger partial charge in [0.2, 0.25) is 0 Å². The highest BCUT2D eigenvalue weighted by Gasteiger charge is 2.24. The molecule has 1 unspecified atom stereocenters. The second-order valence-corrected chi connectivity index (χ2v) is 6.16. The molecule has 0 aliphatic rings. The Bertz CT molecular complexity index is 488. The van der Waals surface area contributed by atoms with Crippen LogP contribution in [0.15, 0.2) is 24.3 Å². The van der Waals surface area contributed by atoms with Crippen LogP contribution >= 0.6 is 0 Å². The van der Waals surface area contributed by atoms with Crippen molar-refractivity contribution in [3.63, 3.8) is 0 Å². The molecule has 0 bridgehead atoms. The van der Waals surface area contributed by atoms with Crippen LogP contribution in [0, 0.1) is 0 Å². The van der Waals surface area contributed by atoms with E-state index in [4.69, 9.17) is 4.74 Å². The third-order valence-corrected chi connectivity index (χ3v) is 3.96. The van der Waals surface area contributed by atoms with Crippen LogP contribution < -0.4 is 4.74 Å². The molecule has 0 aliphatic heterocycles. The Hall–Kier alpha value is -1.36. The Morgan fingerprint density at radius 2 is 1.82 bits per heavy atom. The molecule has 0 spiro atoms. The molecular formula is C12H16O4S. The largest absolute Gasteiger partial charge is 0.494 e. The van der Waals surface area contributed by atoms with Crippen LogP contribution in [-0.4, -0.2) is 32.3 Å². The van der Waals surface area contributed by atoms with Crippen LogP contribution in [0.3, 0.4) is 0 Å². The maximum atomic E-state index is 11.8. The van der Waals surface area contributed by atoms with E-state index in [0.29, 0.717) is 17.9 Å². The van der Waals surface area contributed by atoms with Gasteiger partial charge < -0.3 is 4.74 Å². The van der Waals surface area contributed by atoms with Gasteiger partial charge in [0.25, 0.3) is 0 Å². The van der Waals surface area contributed by atoms with E-state index in [1.54, 1.807) is 24.3 Å². The number of sulfone groups is 1. The van der Waals surface area contributed by atoms with Crippen LogP contribution in [0.2, 0.25) is 0 Å². The molecule has 0 saturated heterocycles. The zero-order valence-corrected chi connectivity index (χ0v) is 11.0. The SMILES string of the molecule is CCOc1ccc(C(=O)C(C)S(C)(=O)=O)cc1. The molecule has 4 nitrogen and oxygen atoms in total. The van der Waals surface area contributed by atoms with E-state index in [9.17, 15) is 13.2 Å². The van der Waals surface area contributed by atoms with Gasteiger partial charge in [0.15, 0.2) is 15.6 Å². The number of hydrogen-bond donors (Lipinski definition) is 0. The molecule has 1 aromatic rings. The lowest BCUT2D eigenvalue weighted by Crippen LogP contribution is -2.26. The van der Waals surface area contributed by atoms with Gasteiger partial charge in [-0.3, -0.25) is 4.79 Å². The fourth-order valence-corrected chi connectivity index (χ4v) is 1.84. The molecule has 0 fully saturated rings. The van der Waals surface area contributed by atoms with Crippen molar-refractivity contribution in [1.29, 1.82) is 0 Å². The second kappa shape index (κ2) is 5.31. The van der Waals surface area contributed by atoms with Gasteiger partial charge in [-0.25, -0.2) is 8.42 Å². The van der Waals surface area contributed by atoms with Crippen molar-refractivity contribution < 1.29 is 17.9 Å². The minimum absolute atomic E-state index is 0.381. The van der Waals surface area contributed by atoms with E-state index in [1.807, 2.05) is 6.92 Å². The first kappa shape index (κ1) is 13.7. The predicted octanol–water partition coefficient (Wildman–Crippen LogP) is 1.70. The van der Waals surface area contributed by atoms with Crippen molar-refractivity contribution in [2.24, 2.45) is 0 Å². The molecule has 17 heavy (non-hydrogen) atoms. The zero-order chi connectivity index (χ0) is 13.1. The summed E-state index contributed by atoms with van der Waals surface area (Å²) in [6.45, 7) is 3.81. The standard InChI is InChI=1S/C12H16O4S/c1-4-16-11-7-5-10(6-8-11)12(13)9(2)17(3,14)15/h5-9H,4H2,1-3H3. The van der Waals surface area contributed by atoms with Gasteiger partial charge in [-0.15, -0.1) is 0 Å². The zero-order valence-electron chi connectivity index (χ0n) is 10.1. The van der Waals surface area contributed by atoms with Gasteiger partial charge in [0.1, 0.15) is 11.0 Å². The molecule has 1 aromatic carbocycles. The Balaban J connectivity index is 2.91. The second-order valence-electron chi connectivity index (χ2n) is 3.79. The van der Waals surface area contributed by atoms with Crippen molar-refractivity contribution in [3.8, 4) is 5.75 Å². The third-order valence-electron chi connectivity index (χ3n) is 2.46. The summed E-state index contributed by atoms with van der Waals surface area (Å²) in [5.74, 6) is 0.270. The van der Waals surface area contributed by atoms with Crippen LogP contribution in [0.4, 0.5) is 0 Å². The number of benzene rings is 1. The Morgan fingerprint density at radius 3 is 2.24 bits per heavy atom. The van der Waals surface area contributed by atoms with Crippen molar-refractivity contribution in [2.75, 3.05) is 12.9 Å². The average molecular weight is 256 g/mol.